The van der Waals surface area contributed by atoms with Gasteiger partial charge in [-0.1, -0.05) is 17.7 Å². The highest BCUT2D eigenvalue weighted by Crippen LogP contribution is 2.28. The minimum atomic E-state index is -4.00. The van der Waals surface area contributed by atoms with Crippen LogP contribution < -0.4 is 4.72 Å². The highest BCUT2D eigenvalue weighted by Gasteiger charge is 2.23. The third-order valence-corrected chi connectivity index (χ3v) is 4.59. The average Bonchev–Trinajstić information content (AvgIpc) is 2.41. The van der Waals surface area contributed by atoms with Gasteiger partial charge < -0.3 is 0 Å². The van der Waals surface area contributed by atoms with Crippen LogP contribution in [0, 0.1) is 17.0 Å². The minimum Gasteiger partial charge on any atom is -0.277 e. The zero-order valence-corrected chi connectivity index (χ0v) is 12.4. The summed E-state index contributed by atoms with van der Waals surface area (Å²) in [6.45, 7) is 1.37. The average molecular weight is 328 g/mol. The van der Waals surface area contributed by atoms with Crippen molar-refractivity contribution in [3.05, 3.63) is 57.4 Å². The van der Waals surface area contributed by atoms with Crippen LogP contribution in [0.15, 0.2) is 41.6 Å². The summed E-state index contributed by atoms with van der Waals surface area (Å²) >= 11 is 5.86. The lowest BCUT2D eigenvalue weighted by atomic mass is 10.2. The number of pyridine rings is 1. The van der Waals surface area contributed by atoms with Gasteiger partial charge in [0.15, 0.2) is 0 Å². The van der Waals surface area contributed by atoms with Crippen molar-refractivity contribution in [2.24, 2.45) is 0 Å². The molecule has 0 amide bonds. The summed E-state index contributed by atoms with van der Waals surface area (Å²) in [7, 11) is -4.00. The second-order valence-corrected chi connectivity index (χ2v) is 6.18. The van der Waals surface area contributed by atoms with E-state index in [1.54, 1.807) is 0 Å². The Morgan fingerprint density at radius 2 is 2.05 bits per heavy atom. The van der Waals surface area contributed by atoms with E-state index in [9.17, 15) is 18.5 Å². The van der Waals surface area contributed by atoms with Crippen LogP contribution in [0.1, 0.15) is 5.56 Å². The van der Waals surface area contributed by atoms with E-state index in [-0.39, 0.29) is 26.9 Å². The zero-order valence-electron chi connectivity index (χ0n) is 10.8. The van der Waals surface area contributed by atoms with Gasteiger partial charge in [-0.15, -0.1) is 0 Å². The lowest BCUT2D eigenvalue weighted by molar-refractivity contribution is -0.385. The first kappa shape index (κ1) is 15.2. The fourth-order valence-corrected chi connectivity index (χ4v) is 3.28. The first-order chi connectivity index (χ1) is 9.83. The SMILES string of the molecule is Cc1c([N+](=O)[O-])cccc1S(=O)(=O)Nc1cnccc1Cl. The molecule has 0 radical (unpaired) electrons. The topological polar surface area (TPSA) is 102 Å². The molecule has 2 aromatic rings. The third-order valence-electron chi connectivity index (χ3n) is 2.75. The summed E-state index contributed by atoms with van der Waals surface area (Å²) in [5.41, 5.74) is -0.116. The number of benzene rings is 1. The van der Waals surface area contributed by atoms with E-state index in [0.29, 0.717) is 0 Å². The van der Waals surface area contributed by atoms with Crippen LogP contribution in [0.2, 0.25) is 5.02 Å². The van der Waals surface area contributed by atoms with Gasteiger partial charge in [0.25, 0.3) is 15.7 Å². The summed E-state index contributed by atoms with van der Waals surface area (Å²) in [4.78, 5) is 13.8. The molecule has 0 saturated carbocycles. The largest absolute Gasteiger partial charge is 0.277 e. The summed E-state index contributed by atoms with van der Waals surface area (Å²) in [6, 6.07) is 5.27. The summed E-state index contributed by atoms with van der Waals surface area (Å²) in [5.74, 6) is 0. The van der Waals surface area contributed by atoms with Gasteiger partial charge in [-0.25, -0.2) is 8.42 Å². The van der Waals surface area contributed by atoms with E-state index in [4.69, 9.17) is 11.6 Å². The van der Waals surface area contributed by atoms with Crippen molar-refractivity contribution in [3.63, 3.8) is 0 Å². The Morgan fingerprint density at radius 1 is 1.33 bits per heavy atom. The maximum absolute atomic E-state index is 12.3. The van der Waals surface area contributed by atoms with E-state index >= 15 is 0 Å². The highest BCUT2D eigenvalue weighted by atomic mass is 35.5. The summed E-state index contributed by atoms with van der Waals surface area (Å²) in [6.07, 6.45) is 2.67. The van der Waals surface area contributed by atoms with Crippen molar-refractivity contribution in [3.8, 4) is 0 Å². The van der Waals surface area contributed by atoms with Gasteiger partial charge >= 0.3 is 0 Å². The van der Waals surface area contributed by atoms with Crippen molar-refractivity contribution in [1.29, 1.82) is 0 Å². The van der Waals surface area contributed by atoms with Gasteiger partial charge in [-0.05, 0) is 19.1 Å². The molecule has 1 N–H and O–H groups in total. The molecule has 0 aliphatic carbocycles. The molecule has 0 atom stereocenters. The van der Waals surface area contributed by atoms with Gasteiger partial charge in [-0.2, -0.15) is 0 Å². The van der Waals surface area contributed by atoms with Crippen LogP contribution in [0.5, 0.6) is 0 Å². The number of aromatic nitrogens is 1. The molecule has 0 aliphatic heterocycles. The monoisotopic (exact) mass is 327 g/mol. The molecule has 9 heteroatoms. The predicted molar refractivity (Wildman–Crippen MR) is 77.9 cm³/mol. The number of hydrogen-bond donors (Lipinski definition) is 1. The maximum Gasteiger partial charge on any atom is 0.273 e. The lowest BCUT2D eigenvalue weighted by Crippen LogP contribution is -2.15. The van der Waals surface area contributed by atoms with E-state index in [1.165, 1.54) is 43.6 Å². The van der Waals surface area contributed by atoms with Crippen LogP contribution in [0.3, 0.4) is 0 Å². The number of nitrogens with zero attached hydrogens (tertiary/aromatic N) is 2. The van der Waals surface area contributed by atoms with Crippen LogP contribution in [-0.4, -0.2) is 18.3 Å². The summed E-state index contributed by atoms with van der Waals surface area (Å²) in [5, 5.41) is 11.1. The van der Waals surface area contributed by atoms with Gasteiger partial charge in [-0.3, -0.25) is 19.8 Å². The zero-order chi connectivity index (χ0) is 15.6. The molecule has 0 spiro atoms. The van der Waals surface area contributed by atoms with E-state index in [0.717, 1.165) is 0 Å². The molecule has 21 heavy (non-hydrogen) atoms. The standard InChI is InChI=1S/C12H10ClN3O4S/c1-8-11(16(17)18)3-2-4-12(8)21(19,20)15-10-7-14-6-5-9(10)13/h2-7,15H,1H3. The fourth-order valence-electron chi connectivity index (χ4n) is 1.74. The molecule has 0 saturated heterocycles. The third kappa shape index (κ3) is 3.11. The number of hydrogen-bond acceptors (Lipinski definition) is 5. The van der Waals surface area contributed by atoms with Crippen LogP contribution in [-0.2, 0) is 10.0 Å². The maximum atomic E-state index is 12.3. The number of anilines is 1. The molecule has 1 aromatic carbocycles. The van der Waals surface area contributed by atoms with Gasteiger partial charge in [0.05, 0.1) is 26.7 Å². The predicted octanol–water partition coefficient (Wildman–Crippen LogP) is 2.75. The quantitative estimate of drug-likeness (QED) is 0.687. The van der Waals surface area contributed by atoms with Gasteiger partial charge in [0.1, 0.15) is 0 Å². The Bertz CT molecular complexity index is 808. The molecule has 1 aromatic heterocycles. The number of nitro groups is 1. The number of nitro benzene ring substituents is 1. The van der Waals surface area contributed by atoms with Crippen LogP contribution in [0.4, 0.5) is 11.4 Å². The number of halogens is 1. The molecule has 0 aliphatic rings. The second-order valence-electron chi connectivity index (χ2n) is 4.12. The van der Waals surface area contributed by atoms with E-state index in [1.807, 2.05) is 0 Å². The van der Waals surface area contributed by atoms with E-state index < -0.39 is 14.9 Å². The van der Waals surface area contributed by atoms with Crippen LogP contribution >= 0.6 is 11.6 Å². The summed E-state index contributed by atoms with van der Waals surface area (Å²) < 4.78 is 26.9. The Balaban J connectivity index is 2.48. The number of nitrogens with one attached hydrogen (secondary N) is 1. The van der Waals surface area contributed by atoms with Crippen molar-refractivity contribution < 1.29 is 13.3 Å². The number of rotatable bonds is 4. The highest BCUT2D eigenvalue weighted by molar-refractivity contribution is 7.92. The normalized spacial score (nSPS) is 11.1. The Kier molecular flexibility index (Phi) is 4.10. The van der Waals surface area contributed by atoms with Gasteiger partial charge in [0.2, 0.25) is 0 Å². The minimum absolute atomic E-state index is 0.0509. The Morgan fingerprint density at radius 3 is 2.67 bits per heavy atom. The molecule has 0 bridgehead atoms. The molecule has 1 heterocycles. The van der Waals surface area contributed by atoms with Gasteiger partial charge in [0, 0.05) is 17.8 Å². The second kappa shape index (κ2) is 5.66. The molecular weight excluding hydrogens is 318 g/mol. The lowest BCUT2D eigenvalue weighted by Gasteiger charge is -2.11. The smallest absolute Gasteiger partial charge is 0.273 e. The molecule has 0 fully saturated rings. The molecule has 2 rings (SSSR count). The first-order valence-corrected chi connectivity index (χ1v) is 7.55. The van der Waals surface area contributed by atoms with Crippen LogP contribution in [0.25, 0.3) is 0 Å². The molecular formula is C12H10ClN3O4S. The Labute approximate surface area is 125 Å². The van der Waals surface area contributed by atoms with Crippen molar-refractivity contribution >= 4 is 33.0 Å². The van der Waals surface area contributed by atoms with Crippen molar-refractivity contribution in [2.45, 2.75) is 11.8 Å². The molecule has 0 unspecified atom stereocenters. The molecule has 7 nitrogen and oxygen atoms in total. The van der Waals surface area contributed by atoms with Crippen molar-refractivity contribution in [2.75, 3.05) is 4.72 Å². The molecule has 110 valence electrons. The van der Waals surface area contributed by atoms with Crippen molar-refractivity contribution in [1.82, 2.24) is 4.98 Å². The first-order valence-electron chi connectivity index (χ1n) is 5.69. The fraction of sp³-hybridized carbons (Fsp3) is 0.0833. The number of sulfonamides is 1. The Hall–Kier alpha value is -2.19. The van der Waals surface area contributed by atoms with E-state index in [2.05, 4.69) is 9.71 Å².